The lowest BCUT2D eigenvalue weighted by atomic mass is 10.3. The van der Waals surface area contributed by atoms with Crippen LogP contribution in [0.15, 0.2) is 41.5 Å². The molecule has 0 N–H and O–H groups in total. The molecular formula is C16H2N2O4. The van der Waals surface area contributed by atoms with Crippen LogP contribution in [0, 0.1) is 0 Å². The summed E-state index contributed by atoms with van der Waals surface area (Å²) in [5.41, 5.74) is 0.152. The predicted octanol–water partition coefficient (Wildman–Crippen LogP) is 1.66. The standard InChI is InChI=1S/C16H2N2O4/c19-13-3-1-5(9-11(7(3)13)15(9)21)17-18-6-2-4-8(14(4)20)12-10(6)16(12)22/h1-2H. The molecule has 0 amide bonds. The number of hydrogen-bond donors (Lipinski definition) is 0. The first-order valence-corrected chi connectivity index (χ1v) is 6.62. The van der Waals surface area contributed by atoms with Crippen LogP contribution in [0.3, 0.4) is 0 Å². The Morgan fingerprint density at radius 1 is 0.500 bits per heavy atom. The zero-order valence-electron chi connectivity index (χ0n) is 10.7. The van der Waals surface area contributed by atoms with Gasteiger partial charge in [-0.1, -0.05) is 0 Å². The molecule has 0 atom stereocenters. The summed E-state index contributed by atoms with van der Waals surface area (Å²) in [7, 11) is 0. The van der Waals surface area contributed by atoms with Crippen LogP contribution in [0.1, 0.15) is 0 Å². The van der Waals surface area contributed by atoms with Gasteiger partial charge in [-0.15, -0.1) is 10.2 Å². The normalized spacial score (nSPS) is 14.0. The first-order valence-electron chi connectivity index (χ1n) is 6.62. The molecular weight excluding hydrogens is 284 g/mol. The average molecular weight is 286 g/mol. The summed E-state index contributed by atoms with van der Waals surface area (Å²) in [4.78, 5) is 46.2. The van der Waals surface area contributed by atoms with Crippen molar-refractivity contribution in [2.24, 2.45) is 10.2 Å². The lowest BCUT2D eigenvalue weighted by Gasteiger charge is -1.88. The van der Waals surface area contributed by atoms with Crippen molar-refractivity contribution in [3.63, 3.8) is 0 Å². The third-order valence-electron chi connectivity index (χ3n) is 4.48. The second-order valence-electron chi connectivity index (χ2n) is 5.65. The van der Waals surface area contributed by atoms with Crippen molar-refractivity contribution < 1.29 is 0 Å². The smallest absolute Gasteiger partial charge is 0.197 e. The number of hydrogen-bond acceptors (Lipinski definition) is 6. The van der Waals surface area contributed by atoms with Gasteiger partial charge in [0.05, 0.1) is 22.1 Å². The minimum absolute atomic E-state index is 0.110. The van der Waals surface area contributed by atoms with Crippen LogP contribution < -0.4 is 21.7 Å². The minimum atomic E-state index is -0.163. The van der Waals surface area contributed by atoms with Gasteiger partial charge >= 0.3 is 0 Å². The molecule has 22 heavy (non-hydrogen) atoms. The maximum absolute atomic E-state index is 11.7. The van der Waals surface area contributed by atoms with Crippen LogP contribution in [0.2, 0.25) is 0 Å². The van der Waals surface area contributed by atoms with Crippen molar-refractivity contribution in [1.82, 2.24) is 0 Å². The van der Waals surface area contributed by atoms with E-state index in [2.05, 4.69) is 10.2 Å². The van der Waals surface area contributed by atoms with Gasteiger partial charge in [0.25, 0.3) is 0 Å². The molecule has 6 nitrogen and oxygen atoms in total. The molecule has 0 aromatic heterocycles. The molecule has 0 fully saturated rings. The molecule has 6 aromatic carbocycles. The molecule has 6 rings (SSSR count). The molecule has 0 radical (unpaired) electrons. The van der Waals surface area contributed by atoms with Crippen LogP contribution >= 0.6 is 0 Å². The molecule has 0 unspecified atom stereocenters. The van der Waals surface area contributed by atoms with Gasteiger partial charge in [0.15, 0.2) is 21.7 Å². The Morgan fingerprint density at radius 3 is 1.32 bits per heavy atom. The number of nitrogens with zero attached hydrogens (tertiary/aromatic N) is 2. The van der Waals surface area contributed by atoms with E-state index in [0.717, 1.165) is 0 Å². The zero-order valence-corrected chi connectivity index (χ0v) is 10.7. The summed E-state index contributed by atoms with van der Waals surface area (Å²) in [6.45, 7) is 0. The van der Waals surface area contributed by atoms with Crippen molar-refractivity contribution >= 4 is 54.5 Å². The van der Waals surface area contributed by atoms with Crippen molar-refractivity contribution in [1.29, 1.82) is 0 Å². The van der Waals surface area contributed by atoms with Gasteiger partial charge in [-0.3, -0.25) is 19.2 Å². The first kappa shape index (κ1) is 10.4. The average Bonchev–Trinajstić information content (AvgIpc) is 3.43. The van der Waals surface area contributed by atoms with E-state index in [9.17, 15) is 19.2 Å². The van der Waals surface area contributed by atoms with E-state index < -0.39 is 0 Å². The van der Waals surface area contributed by atoms with E-state index in [0.29, 0.717) is 54.5 Å². The van der Waals surface area contributed by atoms with Gasteiger partial charge in [-0.05, 0) is 12.1 Å². The Kier molecular flexibility index (Phi) is 1.29. The Labute approximate surface area is 118 Å². The Morgan fingerprint density at radius 2 is 0.909 bits per heavy atom. The third-order valence-corrected chi connectivity index (χ3v) is 4.48. The topological polar surface area (TPSA) is 93.0 Å². The third kappa shape index (κ3) is 0.957. The van der Waals surface area contributed by atoms with E-state index in [1.807, 2.05) is 0 Å². The highest BCUT2D eigenvalue weighted by atomic mass is 16.1. The fourth-order valence-corrected chi connectivity index (χ4v) is 3.13. The lowest BCUT2D eigenvalue weighted by Crippen LogP contribution is -1.74. The molecule has 6 heteroatoms. The number of rotatable bonds is 2. The largest absolute Gasteiger partial charge is 0.289 e. The van der Waals surface area contributed by atoms with E-state index in [1.165, 1.54) is 0 Å². The van der Waals surface area contributed by atoms with Crippen LogP contribution in [-0.2, 0) is 0 Å². The van der Waals surface area contributed by atoms with Gasteiger partial charge in [0.1, 0.15) is 0 Å². The fourth-order valence-electron chi connectivity index (χ4n) is 3.13. The minimum Gasteiger partial charge on any atom is -0.289 e. The number of fused-ring (bicyclic) bond motifs is 6. The molecule has 0 aliphatic rings. The fraction of sp³-hybridized carbons (Fsp3) is 0. The Hall–Kier alpha value is -3.28. The molecule has 0 bridgehead atoms. The van der Waals surface area contributed by atoms with E-state index in [4.69, 9.17) is 0 Å². The van der Waals surface area contributed by atoms with Gasteiger partial charge in [-0.25, -0.2) is 0 Å². The predicted molar refractivity (Wildman–Crippen MR) is 81.7 cm³/mol. The van der Waals surface area contributed by atoms with Gasteiger partial charge < -0.3 is 0 Å². The van der Waals surface area contributed by atoms with E-state index in [-0.39, 0.29) is 21.7 Å². The monoisotopic (exact) mass is 286 g/mol. The van der Waals surface area contributed by atoms with Crippen molar-refractivity contribution in [3.05, 3.63) is 53.0 Å². The van der Waals surface area contributed by atoms with Crippen LogP contribution in [-0.4, -0.2) is 0 Å². The summed E-state index contributed by atoms with van der Waals surface area (Å²) in [6.07, 6.45) is 0. The molecule has 0 saturated carbocycles. The van der Waals surface area contributed by atoms with Crippen molar-refractivity contribution in [2.45, 2.75) is 0 Å². The number of azo groups is 1. The summed E-state index contributed by atoms with van der Waals surface area (Å²) < 4.78 is 0. The summed E-state index contributed by atoms with van der Waals surface area (Å²) in [6, 6.07) is 3.09. The molecule has 0 aliphatic carbocycles. The van der Waals surface area contributed by atoms with Crippen molar-refractivity contribution in [3.8, 4) is 0 Å². The van der Waals surface area contributed by atoms with Gasteiger partial charge in [0.2, 0.25) is 0 Å². The summed E-state index contributed by atoms with van der Waals surface area (Å²) in [5.74, 6) is 0. The quantitative estimate of drug-likeness (QED) is 0.452. The molecule has 0 spiro atoms. The van der Waals surface area contributed by atoms with Crippen molar-refractivity contribution in [2.75, 3.05) is 0 Å². The van der Waals surface area contributed by atoms with E-state index in [1.54, 1.807) is 12.1 Å². The Balaban J connectivity index is 1.56. The highest BCUT2D eigenvalue weighted by Crippen LogP contribution is 2.40. The molecule has 0 saturated heterocycles. The molecule has 100 valence electrons. The zero-order chi connectivity index (χ0) is 14.9. The molecule has 0 aliphatic heterocycles. The van der Waals surface area contributed by atoms with Crippen LogP contribution in [0.5, 0.6) is 0 Å². The maximum atomic E-state index is 11.7. The second kappa shape index (κ2) is 2.71. The van der Waals surface area contributed by atoms with Crippen LogP contribution in [0.25, 0.3) is 43.1 Å². The maximum Gasteiger partial charge on any atom is 0.197 e. The second-order valence-corrected chi connectivity index (χ2v) is 5.65. The highest BCUT2D eigenvalue weighted by molar-refractivity contribution is 6.27. The van der Waals surface area contributed by atoms with Gasteiger partial charge in [-0.2, -0.15) is 0 Å². The summed E-state index contributed by atoms with van der Waals surface area (Å²) >= 11 is 0. The summed E-state index contributed by atoms with van der Waals surface area (Å²) in [5, 5.41) is 11.9. The van der Waals surface area contributed by atoms with E-state index >= 15 is 0 Å². The number of benzene rings is 2. The van der Waals surface area contributed by atoms with Gasteiger partial charge in [0, 0.05) is 32.3 Å². The SMILES string of the molecule is O=c1c2cc(N=Nc3cc4c(=O)c4c4c(=O)c34)c3c(=O)c3c12. The molecule has 6 aromatic rings. The highest BCUT2D eigenvalue weighted by Gasteiger charge is 2.30. The Bertz CT molecular complexity index is 1420. The lowest BCUT2D eigenvalue weighted by molar-refractivity contribution is 1.26. The van der Waals surface area contributed by atoms with Crippen LogP contribution in [0.4, 0.5) is 11.4 Å². The molecule has 0 heterocycles. The first-order chi connectivity index (χ1) is 10.6.